The highest BCUT2D eigenvalue weighted by atomic mass is 32.2. The summed E-state index contributed by atoms with van der Waals surface area (Å²) in [5, 5.41) is 2.97. The Labute approximate surface area is 169 Å². The molecule has 2 atom stereocenters. The first-order valence-electron chi connectivity index (χ1n) is 9.27. The molecule has 3 rings (SSSR count). The number of rotatable bonds is 3. The second-order valence-electron chi connectivity index (χ2n) is 7.41. The summed E-state index contributed by atoms with van der Waals surface area (Å²) in [5.74, 6) is -1.28. The fourth-order valence-electron chi connectivity index (χ4n) is 3.61. The van der Waals surface area contributed by atoms with Crippen molar-refractivity contribution in [2.24, 2.45) is 5.92 Å². The Morgan fingerprint density at radius 2 is 1.83 bits per heavy atom. The van der Waals surface area contributed by atoms with Crippen LogP contribution in [0.3, 0.4) is 0 Å². The van der Waals surface area contributed by atoms with Crippen LogP contribution in [0.1, 0.15) is 56.1 Å². The minimum Gasteiger partial charge on any atom is -0.351 e. The Morgan fingerprint density at radius 3 is 2.41 bits per heavy atom. The van der Waals surface area contributed by atoms with Crippen LogP contribution >= 0.6 is 0 Å². The van der Waals surface area contributed by atoms with E-state index in [0.29, 0.717) is 5.92 Å². The molecule has 2 fully saturated rings. The number of hydrogen-bond acceptors (Lipinski definition) is 6. The molecule has 1 aliphatic carbocycles. The SMILES string of the molecule is C.C[C@H]1CCCC[C@H]1Nc1ncc(C(=O)N2CCS(=O)(=O)CC2)c(C(F)(F)F)n1. The van der Waals surface area contributed by atoms with Gasteiger partial charge < -0.3 is 10.2 Å². The number of nitrogens with zero attached hydrogens (tertiary/aromatic N) is 3. The third-order valence-electron chi connectivity index (χ3n) is 5.35. The average Bonchev–Trinajstić information content (AvgIpc) is 2.62. The van der Waals surface area contributed by atoms with Crippen molar-refractivity contribution in [3.05, 3.63) is 17.5 Å². The molecule has 0 bridgehead atoms. The molecule has 1 aliphatic heterocycles. The molecule has 0 unspecified atom stereocenters. The second-order valence-corrected chi connectivity index (χ2v) is 9.71. The molecular formula is C18H27F3N4O3S. The molecule has 0 radical (unpaired) electrons. The van der Waals surface area contributed by atoms with Crippen LogP contribution in [0.2, 0.25) is 0 Å². The Hall–Kier alpha value is -1.91. The number of nitrogens with one attached hydrogen (secondary N) is 1. The molecule has 1 N–H and O–H groups in total. The Morgan fingerprint density at radius 1 is 1.21 bits per heavy atom. The highest BCUT2D eigenvalue weighted by molar-refractivity contribution is 7.91. The zero-order chi connectivity index (χ0) is 20.5. The van der Waals surface area contributed by atoms with E-state index in [4.69, 9.17) is 0 Å². The minimum absolute atomic E-state index is 0. The molecule has 11 heteroatoms. The van der Waals surface area contributed by atoms with E-state index in [9.17, 15) is 26.4 Å². The fraction of sp³-hybridized carbons (Fsp3) is 0.722. The third kappa shape index (κ3) is 5.58. The van der Waals surface area contributed by atoms with E-state index in [1.54, 1.807) is 0 Å². The predicted molar refractivity (Wildman–Crippen MR) is 103 cm³/mol. The summed E-state index contributed by atoms with van der Waals surface area (Å²) in [6, 6.07) is -0.0105. The van der Waals surface area contributed by atoms with Gasteiger partial charge in [-0.15, -0.1) is 0 Å². The van der Waals surface area contributed by atoms with Gasteiger partial charge in [0.25, 0.3) is 5.91 Å². The molecule has 1 aromatic heterocycles. The summed E-state index contributed by atoms with van der Waals surface area (Å²) in [5.41, 5.74) is -1.96. The lowest BCUT2D eigenvalue weighted by Gasteiger charge is -2.30. The van der Waals surface area contributed by atoms with Crippen molar-refractivity contribution in [2.75, 3.05) is 29.9 Å². The molecule has 0 aromatic carbocycles. The number of halogens is 3. The molecule has 164 valence electrons. The molecule has 2 aliphatic rings. The van der Waals surface area contributed by atoms with E-state index in [1.807, 2.05) is 6.92 Å². The van der Waals surface area contributed by atoms with Crippen LogP contribution < -0.4 is 5.32 Å². The van der Waals surface area contributed by atoms with Crippen molar-refractivity contribution in [3.8, 4) is 0 Å². The summed E-state index contributed by atoms with van der Waals surface area (Å²) in [6.45, 7) is 1.75. The number of anilines is 1. The van der Waals surface area contributed by atoms with Gasteiger partial charge in [-0.2, -0.15) is 13.2 Å². The van der Waals surface area contributed by atoms with Crippen molar-refractivity contribution in [1.29, 1.82) is 0 Å². The molecule has 1 saturated heterocycles. The number of aromatic nitrogens is 2. The zero-order valence-electron chi connectivity index (χ0n) is 15.5. The van der Waals surface area contributed by atoms with Gasteiger partial charge in [-0.25, -0.2) is 18.4 Å². The summed E-state index contributed by atoms with van der Waals surface area (Å²) < 4.78 is 63.6. The number of sulfone groups is 1. The summed E-state index contributed by atoms with van der Waals surface area (Å²) in [4.78, 5) is 21.2. The minimum atomic E-state index is -4.83. The van der Waals surface area contributed by atoms with Crippen LogP contribution in [0.4, 0.5) is 19.1 Å². The topological polar surface area (TPSA) is 92.3 Å². The van der Waals surface area contributed by atoms with Crippen LogP contribution in [0.15, 0.2) is 6.20 Å². The average molecular weight is 437 g/mol. The highest BCUT2D eigenvalue weighted by Gasteiger charge is 2.40. The molecule has 2 heterocycles. The maximum absolute atomic E-state index is 13.5. The molecule has 1 aromatic rings. The maximum atomic E-state index is 13.5. The Bertz CT molecular complexity index is 831. The smallest absolute Gasteiger partial charge is 0.351 e. The zero-order valence-corrected chi connectivity index (χ0v) is 16.3. The summed E-state index contributed by atoms with van der Waals surface area (Å²) in [6.07, 6.45) is -0.0515. The number of alkyl halides is 3. The molecule has 7 nitrogen and oxygen atoms in total. The van der Waals surface area contributed by atoms with Crippen molar-refractivity contribution in [3.63, 3.8) is 0 Å². The highest BCUT2D eigenvalue weighted by Crippen LogP contribution is 2.32. The molecule has 29 heavy (non-hydrogen) atoms. The predicted octanol–water partition coefficient (Wildman–Crippen LogP) is 2.99. The Kier molecular flexibility index (Phi) is 7.13. The summed E-state index contributed by atoms with van der Waals surface area (Å²) >= 11 is 0. The Balaban J connectivity index is 0.00000300. The van der Waals surface area contributed by atoms with E-state index in [2.05, 4.69) is 15.3 Å². The third-order valence-corrected chi connectivity index (χ3v) is 6.95. The van der Waals surface area contributed by atoms with Gasteiger partial charge in [0.2, 0.25) is 5.95 Å². The number of hydrogen-bond donors (Lipinski definition) is 1. The number of amides is 1. The summed E-state index contributed by atoms with van der Waals surface area (Å²) in [7, 11) is -3.26. The molecular weight excluding hydrogens is 409 g/mol. The first-order chi connectivity index (χ1) is 13.1. The lowest BCUT2D eigenvalue weighted by atomic mass is 9.86. The van der Waals surface area contributed by atoms with Crippen LogP contribution in [0, 0.1) is 5.92 Å². The van der Waals surface area contributed by atoms with E-state index >= 15 is 0 Å². The van der Waals surface area contributed by atoms with E-state index < -0.39 is 33.2 Å². The molecule has 1 amide bonds. The first-order valence-corrected chi connectivity index (χ1v) is 11.1. The standard InChI is InChI=1S/C17H23F3N4O3S.CH4/c1-11-4-2-3-5-13(11)22-16-21-10-12(14(23-16)17(18,19)20)15(25)24-6-8-28(26,27)9-7-24;/h10-11,13H,2-9H2,1H3,(H,21,22,23);1H4/t11-,13+;/m0./s1. The van der Waals surface area contributed by atoms with Gasteiger partial charge in [-0.05, 0) is 18.8 Å². The first kappa shape index (κ1) is 23.4. The van der Waals surface area contributed by atoms with Crippen LogP contribution in [0.5, 0.6) is 0 Å². The van der Waals surface area contributed by atoms with Crippen LogP contribution in [-0.2, 0) is 16.0 Å². The van der Waals surface area contributed by atoms with Gasteiger partial charge >= 0.3 is 6.18 Å². The number of carbonyl (C=O) groups is 1. The van der Waals surface area contributed by atoms with Gasteiger partial charge in [0, 0.05) is 25.3 Å². The van der Waals surface area contributed by atoms with Crippen LogP contribution in [0.25, 0.3) is 0 Å². The van der Waals surface area contributed by atoms with Crippen molar-refractivity contribution in [2.45, 2.75) is 52.3 Å². The normalized spacial score (nSPS) is 24.5. The van der Waals surface area contributed by atoms with Crippen LogP contribution in [-0.4, -0.2) is 59.8 Å². The van der Waals surface area contributed by atoms with Gasteiger partial charge in [-0.3, -0.25) is 4.79 Å². The largest absolute Gasteiger partial charge is 0.434 e. The second kappa shape index (κ2) is 8.85. The van der Waals surface area contributed by atoms with Gasteiger partial charge in [0.15, 0.2) is 15.5 Å². The fourth-order valence-corrected chi connectivity index (χ4v) is 4.81. The van der Waals surface area contributed by atoms with Crippen molar-refractivity contribution < 1.29 is 26.4 Å². The van der Waals surface area contributed by atoms with E-state index in [1.165, 1.54) is 0 Å². The quantitative estimate of drug-likeness (QED) is 0.783. The van der Waals surface area contributed by atoms with Crippen molar-refractivity contribution in [1.82, 2.24) is 14.9 Å². The lowest BCUT2D eigenvalue weighted by Crippen LogP contribution is -2.44. The molecule has 0 spiro atoms. The lowest BCUT2D eigenvalue weighted by molar-refractivity contribution is -0.141. The number of carbonyl (C=O) groups excluding carboxylic acids is 1. The van der Waals surface area contributed by atoms with E-state index in [-0.39, 0.29) is 44.0 Å². The van der Waals surface area contributed by atoms with Gasteiger partial charge in [0.1, 0.15) is 0 Å². The van der Waals surface area contributed by atoms with E-state index in [0.717, 1.165) is 36.8 Å². The van der Waals surface area contributed by atoms with Gasteiger partial charge in [-0.1, -0.05) is 27.2 Å². The monoisotopic (exact) mass is 436 g/mol. The molecule has 1 saturated carbocycles. The van der Waals surface area contributed by atoms with Crippen molar-refractivity contribution >= 4 is 21.7 Å². The maximum Gasteiger partial charge on any atom is 0.434 e. The van der Waals surface area contributed by atoms with Gasteiger partial charge in [0.05, 0.1) is 17.1 Å².